The Morgan fingerprint density at radius 1 is 1.20 bits per heavy atom. The minimum Gasteiger partial charge on any atom is -0.368 e. The third-order valence-corrected chi connectivity index (χ3v) is 4.39. The highest BCUT2D eigenvalue weighted by Gasteiger charge is 2.31. The zero-order chi connectivity index (χ0) is 13.9. The number of benzene rings is 1. The first kappa shape index (κ1) is 13.0. The average Bonchev–Trinajstić information content (AvgIpc) is 2.45. The number of nitriles is 1. The summed E-state index contributed by atoms with van der Waals surface area (Å²) in [4.78, 5) is 16.5. The number of hydrogen-bond donors (Lipinski definition) is 0. The van der Waals surface area contributed by atoms with Crippen molar-refractivity contribution in [2.45, 2.75) is 19.3 Å². The summed E-state index contributed by atoms with van der Waals surface area (Å²) in [5.41, 5.74) is 1.77. The van der Waals surface area contributed by atoms with Crippen LogP contribution in [0.15, 0.2) is 24.3 Å². The Labute approximate surface area is 119 Å². The number of piperazine rings is 1. The molecule has 0 spiro atoms. The second-order valence-corrected chi connectivity index (χ2v) is 5.60. The SMILES string of the molecule is N#Cc1cccc(N2CCN(C(=O)C3CCC3)CC2)c1. The molecule has 1 aromatic rings. The Morgan fingerprint density at radius 2 is 1.95 bits per heavy atom. The van der Waals surface area contributed by atoms with E-state index in [4.69, 9.17) is 5.26 Å². The molecular weight excluding hydrogens is 250 g/mol. The van der Waals surface area contributed by atoms with Gasteiger partial charge in [0.05, 0.1) is 11.6 Å². The van der Waals surface area contributed by atoms with Crippen molar-refractivity contribution in [1.82, 2.24) is 4.90 Å². The quantitative estimate of drug-likeness (QED) is 0.825. The van der Waals surface area contributed by atoms with Crippen molar-refractivity contribution < 1.29 is 4.79 Å². The fourth-order valence-corrected chi connectivity index (χ4v) is 2.87. The number of anilines is 1. The van der Waals surface area contributed by atoms with Gasteiger partial charge in [0.25, 0.3) is 0 Å². The highest BCUT2D eigenvalue weighted by atomic mass is 16.2. The van der Waals surface area contributed by atoms with Gasteiger partial charge in [-0.15, -0.1) is 0 Å². The Kier molecular flexibility index (Phi) is 3.60. The lowest BCUT2D eigenvalue weighted by molar-refractivity contribution is -0.138. The van der Waals surface area contributed by atoms with Gasteiger partial charge >= 0.3 is 0 Å². The average molecular weight is 269 g/mol. The predicted octanol–water partition coefficient (Wildman–Crippen LogP) is 2.01. The van der Waals surface area contributed by atoms with Crippen LogP contribution in [0.2, 0.25) is 0 Å². The fraction of sp³-hybridized carbons (Fsp3) is 0.500. The minimum atomic E-state index is 0.295. The van der Waals surface area contributed by atoms with E-state index in [1.807, 2.05) is 29.2 Å². The number of carbonyl (C=O) groups excluding carboxylic acids is 1. The van der Waals surface area contributed by atoms with Crippen molar-refractivity contribution in [1.29, 1.82) is 5.26 Å². The van der Waals surface area contributed by atoms with Gasteiger partial charge in [-0.3, -0.25) is 4.79 Å². The van der Waals surface area contributed by atoms with Crippen molar-refractivity contribution in [3.8, 4) is 6.07 Å². The lowest BCUT2D eigenvalue weighted by atomic mass is 9.84. The van der Waals surface area contributed by atoms with E-state index < -0.39 is 0 Å². The van der Waals surface area contributed by atoms with Gasteiger partial charge in [0, 0.05) is 37.8 Å². The van der Waals surface area contributed by atoms with E-state index in [1.165, 1.54) is 6.42 Å². The van der Waals surface area contributed by atoms with Crippen molar-refractivity contribution in [2.24, 2.45) is 5.92 Å². The maximum atomic E-state index is 12.2. The molecule has 3 rings (SSSR count). The van der Waals surface area contributed by atoms with Gasteiger partial charge in [0.2, 0.25) is 5.91 Å². The third kappa shape index (κ3) is 2.49. The van der Waals surface area contributed by atoms with Crippen LogP contribution in [0.1, 0.15) is 24.8 Å². The summed E-state index contributed by atoms with van der Waals surface area (Å²) in [6, 6.07) is 9.86. The Hall–Kier alpha value is -2.02. The first-order valence-corrected chi connectivity index (χ1v) is 7.32. The molecular formula is C16H19N3O. The first-order chi connectivity index (χ1) is 9.78. The lowest BCUT2D eigenvalue weighted by Gasteiger charge is -2.39. The number of amides is 1. The van der Waals surface area contributed by atoms with Crippen molar-refractivity contribution in [3.05, 3.63) is 29.8 Å². The van der Waals surface area contributed by atoms with E-state index >= 15 is 0 Å². The van der Waals surface area contributed by atoms with E-state index in [0.29, 0.717) is 17.4 Å². The molecule has 4 nitrogen and oxygen atoms in total. The van der Waals surface area contributed by atoms with Crippen LogP contribution in [0.3, 0.4) is 0 Å². The second-order valence-electron chi connectivity index (χ2n) is 5.60. The molecule has 2 fully saturated rings. The smallest absolute Gasteiger partial charge is 0.225 e. The number of nitrogens with zero attached hydrogens (tertiary/aromatic N) is 3. The molecule has 20 heavy (non-hydrogen) atoms. The molecule has 1 saturated carbocycles. The third-order valence-electron chi connectivity index (χ3n) is 4.39. The summed E-state index contributed by atoms with van der Waals surface area (Å²) >= 11 is 0. The molecule has 104 valence electrons. The zero-order valence-electron chi connectivity index (χ0n) is 11.6. The molecule has 0 atom stereocenters. The van der Waals surface area contributed by atoms with Gasteiger partial charge in [0.1, 0.15) is 0 Å². The lowest BCUT2D eigenvalue weighted by Crippen LogP contribution is -2.51. The van der Waals surface area contributed by atoms with Gasteiger partial charge in [-0.05, 0) is 31.0 Å². The van der Waals surface area contributed by atoms with Crippen LogP contribution in [0.4, 0.5) is 5.69 Å². The topological polar surface area (TPSA) is 47.3 Å². The van der Waals surface area contributed by atoms with Crippen molar-refractivity contribution >= 4 is 11.6 Å². The summed E-state index contributed by atoms with van der Waals surface area (Å²) in [6.45, 7) is 3.30. The second kappa shape index (κ2) is 5.54. The normalized spacial score (nSPS) is 19.4. The van der Waals surface area contributed by atoms with E-state index in [2.05, 4.69) is 11.0 Å². The molecule has 0 aromatic heterocycles. The summed E-state index contributed by atoms with van der Waals surface area (Å²) < 4.78 is 0. The van der Waals surface area contributed by atoms with Crippen LogP contribution in [-0.2, 0) is 4.79 Å². The highest BCUT2D eigenvalue weighted by Crippen LogP contribution is 2.29. The molecule has 1 amide bonds. The largest absolute Gasteiger partial charge is 0.368 e. The van der Waals surface area contributed by atoms with Gasteiger partial charge in [-0.25, -0.2) is 0 Å². The molecule has 1 saturated heterocycles. The molecule has 0 N–H and O–H groups in total. The van der Waals surface area contributed by atoms with E-state index in [-0.39, 0.29) is 0 Å². The van der Waals surface area contributed by atoms with E-state index in [1.54, 1.807) is 0 Å². The van der Waals surface area contributed by atoms with Crippen LogP contribution in [0.5, 0.6) is 0 Å². The molecule has 0 bridgehead atoms. The van der Waals surface area contributed by atoms with Gasteiger partial charge in [0.15, 0.2) is 0 Å². The van der Waals surface area contributed by atoms with Crippen LogP contribution in [-0.4, -0.2) is 37.0 Å². The van der Waals surface area contributed by atoms with Crippen LogP contribution < -0.4 is 4.90 Å². The molecule has 1 aromatic carbocycles. The fourth-order valence-electron chi connectivity index (χ4n) is 2.87. The molecule has 1 aliphatic heterocycles. The van der Waals surface area contributed by atoms with Crippen LogP contribution in [0, 0.1) is 17.2 Å². The Morgan fingerprint density at radius 3 is 2.55 bits per heavy atom. The predicted molar refractivity (Wildman–Crippen MR) is 77.3 cm³/mol. The molecule has 1 heterocycles. The standard InChI is InChI=1S/C16H19N3O/c17-12-13-3-1-6-15(11-13)18-7-9-19(10-8-18)16(20)14-4-2-5-14/h1,3,6,11,14H,2,4-5,7-10H2. The maximum Gasteiger partial charge on any atom is 0.225 e. The van der Waals surface area contributed by atoms with Crippen molar-refractivity contribution in [2.75, 3.05) is 31.1 Å². The molecule has 0 unspecified atom stereocenters. The van der Waals surface area contributed by atoms with Gasteiger partial charge in [-0.2, -0.15) is 5.26 Å². The van der Waals surface area contributed by atoms with E-state index in [9.17, 15) is 4.79 Å². The number of carbonyl (C=O) groups is 1. The van der Waals surface area contributed by atoms with Crippen molar-refractivity contribution in [3.63, 3.8) is 0 Å². The Balaban J connectivity index is 1.60. The van der Waals surface area contributed by atoms with E-state index in [0.717, 1.165) is 44.7 Å². The number of rotatable bonds is 2. The summed E-state index contributed by atoms with van der Waals surface area (Å²) in [6.07, 6.45) is 3.35. The Bertz CT molecular complexity index is 537. The molecule has 0 radical (unpaired) electrons. The zero-order valence-corrected chi connectivity index (χ0v) is 11.6. The first-order valence-electron chi connectivity index (χ1n) is 7.32. The summed E-state index contributed by atoms with van der Waals surface area (Å²) in [5, 5.41) is 8.95. The van der Waals surface area contributed by atoms with Gasteiger partial charge in [-0.1, -0.05) is 12.5 Å². The van der Waals surface area contributed by atoms with Gasteiger partial charge < -0.3 is 9.80 Å². The summed E-state index contributed by atoms with van der Waals surface area (Å²) in [5.74, 6) is 0.644. The molecule has 4 heteroatoms. The minimum absolute atomic E-state index is 0.295. The van der Waals surface area contributed by atoms with Crippen LogP contribution >= 0.6 is 0 Å². The number of hydrogen-bond acceptors (Lipinski definition) is 3. The monoisotopic (exact) mass is 269 g/mol. The highest BCUT2D eigenvalue weighted by molar-refractivity contribution is 5.79. The molecule has 2 aliphatic rings. The summed E-state index contributed by atoms with van der Waals surface area (Å²) in [7, 11) is 0. The maximum absolute atomic E-state index is 12.2. The van der Waals surface area contributed by atoms with Crippen LogP contribution in [0.25, 0.3) is 0 Å². The molecule has 1 aliphatic carbocycles.